The van der Waals surface area contributed by atoms with Crippen molar-refractivity contribution in [2.45, 2.75) is 12.6 Å². The Bertz CT molecular complexity index is 500. The van der Waals surface area contributed by atoms with Crippen molar-refractivity contribution >= 4 is 5.78 Å². The van der Waals surface area contributed by atoms with Crippen LogP contribution < -0.4 is 15.2 Å². The second-order valence-corrected chi connectivity index (χ2v) is 4.00. The summed E-state index contributed by atoms with van der Waals surface area (Å²) in [7, 11) is 0. The maximum Gasteiger partial charge on any atom is 0.417 e. The average Bonchev–Trinajstić information content (AvgIpc) is 2.36. The molecule has 1 aliphatic heterocycles. The summed E-state index contributed by atoms with van der Waals surface area (Å²) in [6.07, 6.45) is -4.78. The van der Waals surface area contributed by atoms with Crippen LogP contribution in [0.1, 0.15) is 22.3 Å². The predicted molar refractivity (Wildman–Crippen MR) is 60.4 cm³/mol. The van der Waals surface area contributed by atoms with Gasteiger partial charge in [0.25, 0.3) is 0 Å². The van der Waals surface area contributed by atoms with Gasteiger partial charge in [-0.05, 0) is 18.7 Å². The molecule has 0 radical (unpaired) electrons. The lowest BCUT2D eigenvalue weighted by atomic mass is 10.00. The summed E-state index contributed by atoms with van der Waals surface area (Å²) in [4.78, 5) is 11.7. The van der Waals surface area contributed by atoms with Crippen molar-refractivity contribution in [3.8, 4) is 11.5 Å². The van der Waals surface area contributed by atoms with Crippen molar-refractivity contribution in [2.75, 3.05) is 19.8 Å². The Kier molecular flexibility index (Phi) is 3.66. The van der Waals surface area contributed by atoms with Crippen LogP contribution in [0.2, 0.25) is 0 Å². The summed E-state index contributed by atoms with van der Waals surface area (Å²) >= 11 is 0. The number of ketones is 1. The molecule has 0 bridgehead atoms. The van der Waals surface area contributed by atoms with E-state index < -0.39 is 23.1 Å². The van der Waals surface area contributed by atoms with Crippen molar-refractivity contribution in [1.82, 2.24) is 0 Å². The first kappa shape index (κ1) is 13.7. The molecule has 2 rings (SSSR count). The molecular formula is C12H12F3NO3. The first-order valence-corrected chi connectivity index (χ1v) is 5.67. The van der Waals surface area contributed by atoms with Crippen LogP contribution in [0.25, 0.3) is 0 Å². The van der Waals surface area contributed by atoms with E-state index in [9.17, 15) is 18.0 Å². The Balaban J connectivity index is 2.52. The van der Waals surface area contributed by atoms with E-state index in [1.807, 2.05) is 0 Å². The number of rotatable bonds is 3. The zero-order valence-corrected chi connectivity index (χ0v) is 9.92. The van der Waals surface area contributed by atoms with Crippen molar-refractivity contribution in [1.29, 1.82) is 0 Å². The number of alkyl halides is 3. The Morgan fingerprint density at radius 3 is 2.32 bits per heavy atom. The number of ether oxygens (including phenoxy) is 2. The van der Waals surface area contributed by atoms with Gasteiger partial charge in [0.15, 0.2) is 17.3 Å². The molecule has 1 aromatic carbocycles. The highest BCUT2D eigenvalue weighted by Crippen LogP contribution is 2.40. The molecule has 2 N–H and O–H groups in total. The molecule has 0 amide bonds. The van der Waals surface area contributed by atoms with Crippen molar-refractivity contribution in [2.24, 2.45) is 5.73 Å². The van der Waals surface area contributed by atoms with E-state index in [0.29, 0.717) is 0 Å². The summed E-state index contributed by atoms with van der Waals surface area (Å²) < 4.78 is 49.1. The van der Waals surface area contributed by atoms with Crippen molar-refractivity contribution < 1.29 is 27.4 Å². The average molecular weight is 275 g/mol. The summed E-state index contributed by atoms with van der Waals surface area (Å²) in [5.74, 6) is -0.505. The lowest BCUT2D eigenvalue weighted by Crippen LogP contribution is -2.20. The smallest absolute Gasteiger partial charge is 0.417 e. The number of halogens is 3. The summed E-state index contributed by atoms with van der Waals surface area (Å²) in [6, 6.07) is 1.88. The molecule has 1 aromatic rings. The van der Waals surface area contributed by atoms with Gasteiger partial charge < -0.3 is 15.2 Å². The third kappa shape index (κ3) is 2.81. The largest absolute Gasteiger partial charge is 0.486 e. The molecule has 0 unspecified atom stereocenters. The van der Waals surface area contributed by atoms with E-state index in [1.54, 1.807) is 0 Å². The van der Waals surface area contributed by atoms with E-state index in [0.717, 1.165) is 12.1 Å². The van der Waals surface area contributed by atoms with Crippen molar-refractivity contribution in [3.63, 3.8) is 0 Å². The van der Waals surface area contributed by atoms with Gasteiger partial charge in [-0.1, -0.05) is 0 Å². The van der Waals surface area contributed by atoms with Crippen LogP contribution in [0.4, 0.5) is 13.2 Å². The lowest BCUT2D eigenvalue weighted by Gasteiger charge is -2.21. The van der Waals surface area contributed by atoms with Gasteiger partial charge in [0.05, 0.1) is 5.56 Å². The highest BCUT2D eigenvalue weighted by atomic mass is 19.4. The molecule has 0 fully saturated rings. The molecule has 4 nitrogen and oxygen atoms in total. The lowest BCUT2D eigenvalue weighted by molar-refractivity contribution is -0.138. The number of Topliss-reactive ketones (excluding diaryl/α,β-unsaturated/α-hetero) is 1. The van der Waals surface area contributed by atoms with Crippen LogP contribution >= 0.6 is 0 Å². The fourth-order valence-corrected chi connectivity index (χ4v) is 1.82. The Hall–Kier alpha value is -1.76. The Labute approximate surface area is 107 Å². The third-order valence-corrected chi connectivity index (χ3v) is 2.66. The fraction of sp³-hybridized carbons (Fsp3) is 0.417. The number of hydrogen-bond donors (Lipinski definition) is 1. The minimum absolute atomic E-state index is 0.00266. The predicted octanol–water partition coefficient (Wildman–Crippen LogP) is 2.01. The van der Waals surface area contributed by atoms with Gasteiger partial charge >= 0.3 is 6.18 Å². The van der Waals surface area contributed by atoms with Gasteiger partial charge in [0, 0.05) is 12.0 Å². The SMILES string of the molecule is NCCC(=O)c1cc2c(cc1C(F)(F)F)OCCO2. The van der Waals surface area contributed by atoms with Crippen LogP contribution in [0.3, 0.4) is 0 Å². The minimum Gasteiger partial charge on any atom is -0.486 e. The second kappa shape index (κ2) is 5.08. The maximum absolute atomic E-state index is 12.9. The second-order valence-electron chi connectivity index (χ2n) is 4.00. The summed E-state index contributed by atoms with van der Waals surface area (Å²) in [5.41, 5.74) is 3.76. The number of carbonyl (C=O) groups is 1. The number of carbonyl (C=O) groups excluding carboxylic acids is 1. The monoisotopic (exact) mass is 275 g/mol. The molecular weight excluding hydrogens is 263 g/mol. The number of benzene rings is 1. The van der Waals surface area contributed by atoms with Crippen LogP contribution in [-0.4, -0.2) is 25.5 Å². The van der Waals surface area contributed by atoms with E-state index in [2.05, 4.69) is 0 Å². The molecule has 104 valence electrons. The zero-order chi connectivity index (χ0) is 14.0. The molecule has 1 aliphatic rings. The number of fused-ring (bicyclic) bond motifs is 1. The van der Waals surface area contributed by atoms with E-state index in [4.69, 9.17) is 15.2 Å². The standard InChI is InChI=1S/C12H12F3NO3/c13-12(14,15)8-6-11-10(18-3-4-19-11)5-7(8)9(17)1-2-16/h5-6H,1-4,16H2. The Morgan fingerprint density at radius 1 is 1.21 bits per heavy atom. The van der Waals surface area contributed by atoms with E-state index in [-0.39, 0.29) is 37.7 Å². The molecule has 0 spiro atoms. The molecule has 0 atom stereocenters. The quantitative estimate of drug-likeness (QED) is 0.857. The molecule has 0 aromatic heterocycles. The van der Waals surface area contributed by atoms with Gasteiger partial charge in [0.2, 0.25) is 0 Å². The number of nitrogens with two attached hydrogens (primary N) is 1. The maximum atomic E-state index is 12.9. The zero-order valence-electron chi connectivity index (χ0n) is 9.92. The number of hydrogen-bond acceptors (Lipinski definition) is 4. The van der Waals surface area contributed by atoms with Gasteiger partial charge in [-0.3, -0.25) is 4.79 Å². The highest BCUT2D eigenvalue weighted by molar-refractivity contribution is 5.98. The molecule has 1 heterocycles. The Morgan fingerprint density at radius 2 is 1.79 bits per heavy atom. The van der Waals surface area contributed by atoms with E-state index in [1.165, 1.54) is 0 Å². The molecule has 0 saturated heterocycles. The fourth-order valence-electron chi connectivity index (χ4n) is 1.82. The van der Waals surface area contributed by atoms with E-state index >= 15 is 0 Å². The molecule has 19 heavy (non-hydrogen) atoms. The van der Waals surface area contributed by atoms with Gasteiger partial charge in [0.1, 0.15) is 13.2 Å². The highest BCUT2D eigenvalue weighted by Gasteiger charge is 2.37. The molecule has 7 heteroatoms. The van der Waals surface area contributed by atoms with Crippen LogP contribution in [0.15, 0.2) is 12.1 Å². The van der Waals surface area contributed by atoms with Crippen LogP contribution in [0, 0.1) is 0 Å². The van der Waals surface area contributed by atoms with Gasteiger partial charge in [-0.25, -0.2) is 0 Å². The topological polar surface area (TPSA) is 61.6 Å². The first-order valence-electron chi connectivity index (χ1n) is 5.67. The minimum atomic E-state index is -4.63. The summed E-state index contributed by atoms with van der Waals surface area (Å²) in [6.45, 7) is 0.411. The molecule has 0 aliphatic carbocycles. The summed E-state index contributed by atoms with van der Waals surface area (Å²) in [5, 5.41) is 0. The molecule has 0 saturated carbocycles. The van der Waals surface area contributed by atoms with Crippen molar-refractivity contribution in [3.05, 3.63) is 23.3 Å². The first-order chi connectivity index (χ1) is 8.93. The normalized spacial score (nSPS) is 14.3. The van der Waals surface area contributed by atoms with Gasteiger partial charge in [-0.2, -0.15) is 13.2 Å². The van der Waals surface area contributed by atoms with Gasteiger partial charge in [-0.15, -0.1) is 0 Å². The van der Waals surface area contributed by atoms with Crippen LogP contribution in [0.5, 0.6) is 11.5 Å². The third-order valence-electron chi connectivity index (χ3n) is 2.66. The van der Waals surface area contributed by atoms with Crippen LogP contribution in [-0.2, 0) is 6.18 Å².